The molecule has 0 aliphatic carbocycles. The second-order valence-electron chi connectivity index (χ2n) is 10.4. The Labute approximate surface area is 208 Å². The molecule has 0 rings (SSSR count). The molecular formula is C30H61NO2. The maximum atomic E-state index is 10.3. The highest BCUT2D eigenvalue weighted by Crippen LogP contribution is 2.15. The lowest BCUT2D eigenvalue weighted by atomic mass is 9.98. The SMILES string of the molecule is CCCCCCCCCCCCC/C=C/[C@@H](O)[C@@H](N)C(O)CCCCCCCCCCCC. The van der Waals surface area contributed by atoms with Gasteiger partial charge in [0, 0.05) is 0 Å². The molecule has 0 aromatic heterocycles. The van der Waals surface area contributed by atoms with Gasteiger partial charge in [-0.25, -0.2) is 0 Å². The Morgan fingerprint density at radius 2 is 0.909 bits per heavy atom. The van der Waals surface area contributed by atoms with E-state index in [1.54, 1.807) is 6.08 Å². The fraction of sp³-hybridized carbons (Fsp3) is 0.933. The maximum absolute atomic E-state index is 10.3. The van der Waals surface area contributed by atoms with Crippen LogP contribution in [0.4, 0.5) is 0 Å². The zero-order valence-corrected chi connectivity index (χ0v) is 22.6. The van der Waals surface area contributed by atoms with E-state index in [0.29, 0.717) is 6.42 Å². The van der Waals surface area contributed by atoms with Gasteiger partial charge in [0.15, 0.2) is 0 Å². The van der Waals surface area contributed by atoms with Crippen LogP contribution in [0.3, 0.4) is 0 Å². The van der Waals surface area contributed by atoms with E-state index >= 15 is 0 Å². The molecule has 33 heavy (non-hydrogen) atoms. The predicted octanol–water partition coefficient (Wildman–Crippen LogP) is 8.60. The lowest BCUT2D eigenvalue weighted by Gasteiger charge is -2.22. The first-order chi connectivity index (χ1) is 16.1. The van der Waals surface area contributed by atoms with Gasteiger partial charge in [0.1, 0.15) is 0 Å². The normalized spacial score (nSPS) is 14.7. The van der Waals surface area contributed by atoms with Crippen LogP contribution >= 0.6 is 0 Å². The average molecular weight is 468 g/mol. The van der Waals surface area contributed by atoms with Crippen LogP contribution in [0.5, 0.6) is 0 Å². The van der Waals surface area contributed by atoms with Gasteiger partial charge in [-0.1, -0.05) is 154 Å². The van der Waals surface area contributed by atoms with Crippen molar-refractivity contribution < 1.29 is 10.2 Å². The predicted molar refractivity (Wildman–Crippen MR) is 147 cm³/mol. The molecule has 0 fully saturated rings. The highest BCUT2D eigenvalue weighted by atomic mass is 16.3. The summed E-state index contributed by atoms with van der Waals surface area (Å²) in [6.45, 7) is 4.53. The molecule has 3 heteroatoms. The number of rotatable bonds is 26. The molecule has 0 spiro atoms. The zero-order chi connectivity index (χ0) is 24.4. The molecule has 1 unspecified atom stereocenters. The molecule has 0 aromatic rings. The molecule has 4 N–H and O–H groups in total. The number of aliphatic hydroxyl groups excluding tert-OH is 2. The van der Waals surface area contributed by atoms with Crippen molar-refractivity contribution in [1.29, 1.82) is 0 Å². The van der Waals surface area contributed by atoms with E-state index in [1.807, 2.05) is 6.08 Å². The van der Waals surface area contributed by atoms with E-state index in [2.05, 4.69) is 13.8 Å². The monoisotopic (exact) mass is 467 g/mol. The summed E-state index contributed by atoms with van der Waals surface area (Å²) in [5.41, 5.74) is 6.08. The Morgan fingerprint density at radius 3 is 1.33 bits per heavy atom. The second-order valence-corrected chi connectivity index (χ2v) is 10.4. The zero-order valence-electron chi connectivity index (χ0n) is 22.6. The van der Waals surface area contributed by atoms with Gasteiger partial charge in [0.05, 0.1) is 18.2 Å². The van der Waals surface area contributed by atoms with Crippen LogP contribution < -0.4 is 5.73 Å². The summed E-state index contributed by atoms with van der Waals surface area (Å²) in [4.78, 5) is 0. The van der Waals surface area contributed by atoms with Crippen molar-refractivity contribution in [2.75, 3.05) is 0 Å². The summed E-state index contributed by atoms with van der Waals surface area (Å²) < 4.78 is 0. The minimum Gasteiger partial charge on any atom is -0.391 e. The third-order valence-electron chi connectivity index (χ3n) is 7.00. The third kappa shape index (κ3) is 23.1. The fourth-order valence-corrected chi connectivity index (χ4v) is 4.55. The molecule has 0 saturated heterocycles. The number of nitrogens with two attached hydrogens (primary N) is 1. The molecule has 3 atom stereocenters. The Kier molecular flexibility index (Phi) is 25.9. The minimum atomic E-state index is -0.740. The first-order valence-corrected chi connectivity index (χ1v) is 14.9. The van der Waals surface area contributed by atoms with Gasteiger partial charge < -0.3 is 15.9 Å². The molecule has 0 aliphatic rings. The first kappa shape index (κ1) is 32.6. The van der Waals surface area contributed by atoms with E-state index in [4.69, 9.17) is 5.73 Å². The molecule has 0 amide bonds. The van der Waals surface area contributed by atoms with Crippen molar-refractivity contribution in [3.8, 4) is 0 Å². The van der Waals surface area contributed by atoms with Crippen LogP contribution in [-0.4, -0.2) is 28.5 Å². The standard InChI is InChI=1S/C30H61NO2/c1-3-5-7-9-11-13-15-16-17-19-21-23-25-27-29(33)30(31)28(32)26-24-22-20-18-14-12-10-8-6-4-2/h25,27-30,32-33H,3-24,26,31H2,1-2H3/b27-25+/t28?,29-,30+/m1/s1. The minimum absolute atomic E-state index is 0.572. The van der Waals surface area contributed by atoms with E-state index < -0.39 is 18.2 Å². The molecular weight excluding hydrogens is 406 g/mol. The summed E-state index contributed by atoms with van der Waals surface area (Å²) in [6.07, 6.45) is 31.9. The molecule has 0 bridgehead atoms. The van der Waals surface area contributed by atoms with Gasteiger partial charge in [0.25, 0.3) is 0 Å². The van der Waals surface area contributed by atoms with E-state index in [9.17, 15) is 10.2 Å². The second kappa shape index (κ2) is 26.2. The number of hydrogen-bond donors (Lipinski definition) is 3. The van der Waals surface area contributed by atoms with Gasteiger partial charge in [-0.2, -0.15) is 0 Å². The van der Waals surface area contributed by atoms with Crippen molar-refractivity contribution in [3.63, 3.8) is 0 Å². The maximum Gasteiger partial charge on any atom is 0.0897 e. The smallest absolute Gasteiger partial charge is 0.0897 e. The largest absolute Gasteiger partial charge is 0.391 e. The summed E-state index contributed by atoms with van der Waals surface area (Å²) in [5.74, 6) is 0. The van der Waals surface area contributed by atoms with Crippen LogP contribution in [0.15, 0.2) is 12.2 Å². The number of hydrogen-bond acceptors (Lipinski definition) is 3. The molecule has 0 heterocycles. The van der Waals surface area contributed by atoms with Gasteiger partial charge in [-0.05, 0) is 19.3 Å². The fourth-order valence-electron chi connectivity index (χ4n) is 4.55. The van der Waals surface area contributed by atoms with Crippen molar-refractivity contribution in [3.05, 3.63) is 12.2 Å². The lowest BCUT2D eigenvalue weighted by molar-refractivity contribution is 0.0710. The molecule has 3 nitrogen and oxygen atoms in total. The van der Waals surface area contributed by atoms with Crippen LogP contribution in [0.1, 0.15) is 162 Å². The van der Waals surface area contributed by atoms with Crippen molar-refractivity contribution in [2.45, 2.75) is 180 Å². The lowest BCUT2D eigenvalue weighted by Crippen LogP contribution is -2.43. The van der Waals surface area contributed by atoms with E-state index in [1.165, 1.54) is 122 Å². The van der Waals surface area contributed by atoms with Gasteiger partial charge in [-0.15, -0.1) is 0 Å². The molecule has 0 saturated carbocycles. The van der Waals surface area contributed by atoms with Gasteiger partial charge in [-0.3, -0.25) is 0 Å². The quantitative estimate of drug-likeness (QED) is 0.0881. The van der Waals surface area contributed by atoms with Crippen LogP contribution in [-0.2, 0) is 0 Å². The van der Waals surface area contributed by atoms with Crippen LogP contribution in [0, 0.1) is 0 Å². The summed E-state index contributed by atoms with van der Waals surface area (Å²) in [7, 11) is 0. The third-order valence-corrected chi connectivity index (χ3v) is 7.00. The highest BCUT2D eigenvalue weighted by Gasteiger charge is 2.20. The molecule has 0 aromatic carbocycles. The summed E-state index contributed by atoms with van der Waals surface area (Å²) in [5, 5.41) is 20.6. The first-order valence-electron chi connectivity index (χ1n) is 14.9. The van der Waals surface area contributed by atoms with E-state index in [0.717, 1.165) is 19.3 Å². The van der Waals surface area contributed by atoms with Crippen molar-refractivity contribution in [1.82, 2.24) is 0 Å². The topological polar surface area (TPSA) is 66.5 Å². The molecule has 198 valence electrons. The van der Waals surface area contributed by atoms with Gasteiger partial charge >= 0.3 is 0 Å². The number of unbranched alkanes of at least 4 members (excludes halogenated alkanes) is 20. The highest BCUT2D eigenvalue weighted by molar-refractivity contribution is 4.96. The van der Waals surface area contributed by atoms with Gasteiger partial charge in [0.2, 0.25) is 0 Å². The average Bonchev–Trinajstić information content (AvgIpc) is 2.82. The van der Waals surface area contributed by atoms with Crippen molar-refractivity contribution >= 4 is 0 Å². The van der Waals surface area contributed by atoms with Crippen molar-refractivity contribution in [2.24, 2.45) is 5.73 Å². The molecule has 0 radical (unpaired) electrons. The van der Waals surface area contributed by atoms with Crippen LogP contribution in [0.2, 0.25) is 0 Å². The Balaban J connectivity index is 3.54. The summed E-state index contributed by atoms with van der Waals surface area (Å²) in [6, 6.07) is -0.572. The number of aliphatic hydroxyl groups is 2. The summed E-state index contributed by atoms with van der Waals surface area (Å²) >= 11 is 0. The Bertz CT molecular complexity index is 399. The van der Waals surface area contributed by atoms with E-state index in [-0.39, 0.29) is 0 Å². The Hall–Kier alpha value is -0.380. The Morgan fingerprint density at radius 1 is 0.545 bits per heavy atom. The van der Waals surface area contributed by atoms with Crippen LogP contribution in [0.25, 0.3) is 0 Å². The molecule has 0 aliphatic heterocycles. The number of allylic oxidation sites excluding steroid dienone is 1.